The van der Waals surface area contributed by atoms with Crippen LogP contribution >= 0.6 is 0 Å². The van der Waals surface area contributed by atoms with Gasteiger partial charge >= 0.3 is 0 Å². The number of carbonyl (C=O) groups is 1. The van der Waals surface area contributed by atoms with Gasteiger partial charge in [0.1, 0.15) is 5.82 Å². The molecule has 6 nitrogen and oxygen atoms in total. The number of amides is 1. The van der Waals surface area contributed by atoms with Gasteiger partial charge < -0.3 is 10.2 Å². The van der Waals surface area contributed by atoms with Gasteiger partial charge in [0, 0.05) is 19.5 Å². The third kappa shape index (κ3) is 7.43. The monoisotopic (exact) mass is 345 g/mol. The van der Waals surface area contributed by atoms with Crippen LogP contribution in [-0.4, -0.2) is 59.2 Å². The first kappa shape index (κ1) is 19.4. The molecule has 23 heavy (non-hydrogen) atoms. The lowest BCUT2D eigenvalue weighted by Crippen LogP contribution is -2.35. The lowest BCUT2D eigenvalue weighted by atomic mass is 10.3. The van der Waals surface area contributed by atoms with Crippen molar-refractivity contribution in [3.8, 4) is 0 Å². The van der Waals surface area contributed by atoms with Crippen molar-refractivity contribution in [2.24, 2.45) is 0 Å². The summed E-state index contributed by atoms with van der Waals surface area (Å²) in [5.41, 5.74) is 0.342. The van der Waals surface area contributed by atoms with Gasteiger partial charge in [0.25, 0.3) is 0 Å². The van der Waals surface area contributed by atoms with Gasteiger partial charge in [-0.2, -0.15) is 0 Å². The Bertz CT molecular complexity index is 603. The summed E-state index contributed by atoms with van der Waals surface area (Å²) in [6, 6.07) is 5.14. The fraction of sp³-hybridized carbons (Fsp3) is 0.533. The number of nitrogens with zero attached hydrogens (tertiary/aromatic N) is 2. The van der Waals surface area contributed by atoms with Crippen molar-refractivity contribution in [1.82, 2.24) is 10.2 Å². The lowest BCUT2D eigenvalue weighted by molar-refractivity contribution is -0.120. The quantitative estimate of drug-likeness (QED) is 0.679. The fourth-order valence-corrected chi connectivity index (χ4v) is 2.94. The predicted octanol–water partition coefficient (Wildman–Crippen LogP) is 1.05. The van der Waals surface area contributed by atoms with E-state index in [0.717, 1.165) is 23.5 Å². The van der Waals surface area contributed by atoms with Gasteiger partial charge in [0.15, 0.2) is 0 Å². The van der Waals surface area contributed by atoms with Gasteiger partial charge in [0.2, 0.25) is 15.9 Å². The first-order chi connectivity index (χ1) is 10.7. The Morgan fingerprint density at radius 3 is 2.30 bits per heavy atom. The van der Waals surface area contributed by atoms with E-state index in [4.69, 9.17) is 0 Å². The smallest absolute Gasteiger partial charge is 0.232 e. The van der Waals surface area contributed by atoms with Crippen molar-refractivity contribution in [2.75, 3.05) is 44.3 Å². The first-order valence-electron chi connectivity index (χ1n) is 7.35. The zero-order chi connectivity index (χ0) is 17.5. The summed E-state index contributed by atoms with van der Waals surface area (Å²) in [5, 5.41) is 2.76. The van der Waals surface area contributed by atoms with Crippen molar-refractivity contribution in [1.29, 1.82) is 0 Å². The Labute approximate surface area is 137 Å². The molecular weight excluding hydrogens is 321 g/mol. The summed E-state index contributed by atoms with van der Waals surface area (Å²) in [7, 11) is 0.367. The van der Waals surface area contributed by atoms with Crippen molar-refractivity contribution in [3.05, 3.63) is 30.1 Å². The minimum atomic E-state index is -3.54. The van der Waals surface area contributed by atoms with E-state index in [0.29, 0.717) is 12.2 Å². The molecule has 0 bridgehead atoms. The zero-order valence-electron chi connectivity index (χ0n) is 13.8. The van der Waals surface area contributed by atoms with Crippen LogP contribution in [0.2, 0.25) is 0 Å². The maximum Gasteiger partial charge on any atom is 0.232 e. The Balaban J connectivity index is 2.56. The number of halogens is 1. The number of anilines is 1. The highest BCUT2D eigenvalue weighted by atomic mass is 32.2. The molecule has 130 valence electrons. The molecule has 1 N–H and O–H groups in total. The largest absolute Gasteiger partial charge is 0.356 e. The average Bonchev–Trinajstić information content (AvgIpc) is 2.44. The molecule has 0 saturated carbocycles. The Kier molecular flexibility index (Phi) is 7.44. The van der Waals surface area contributed by atoms with Crippen molar-refractivity contribution >= 4 is 21.6 Å². The van der Waals surface area contributed by atoms with Crippen LogP contribution in [0.3, 0.4) is 0 Å². The molecule has 0 aromatic heterocycles. The van der Waals surface area contributed by atoms with E-state index >= 15 is 0 Å². The van der Waals surface area contributed by atoms with Gasteiger partial charge in [-0.05, 0) is 51.3 Å². The van der Waals surface area contributed by atoms with E-state index in [1.54, 1.807) is 0 Å². The molecule has 0 heterocycles. The third-order valence-corrected chi connectivity index (χ3v) is 4.36. The summed E-state index contributed by atoms with van der Waals surface area (Å²) >= 11 is 0. The molecule has 1 amide bonds. The fourth-order valence-electron chi connectivity index (χ4n) is 2.01. The maximum absolute atomic E-state index is 13.0. The van der Waals surface area contributed by atoms with Gasteiger partial charge in [-0.3, -0.25) is 9.10 Å². The van der Waals surface area contributed by atoms with E-state index < -0.39 is 15.8 Å². The summed E-state index contributed by atoms with van der Waals surface area (Å²) in [5.74, 6) is -0.652. The molecule has 0 radical (unpaired) electrons. The van der Waals surface area contributed by atoms with Crippen LogP contribution in [0.25, 0.3) is 0 Å². The van der Waals surface area contributed by atoms with Crippen molar-refractivity contribution in [2.45, 2.75) is 12.8 Å². The van der Waals surface area contributed by atoms with Crippen LogP contribution in [0.15, 0.2) is 24.3 Å². The highest BCUT2D eigenvalue weighted by Gasteiger charge is 2.18. The molecule has 0 aliphatic heterocycles. The Morgan fingerprint density at radius 2 is 1.78 bits per heavy atom. The molecule has 1 aromatic rings. The maximum atomic E-state index is 13.0. The van der Waals surface area contributed by atoms with Crippen LogP contribution in [0.4, 0.5) is 10.1 Å². The average molecular weight is 345 g/mol. The number of nitrogens with one attached hydrogen (secondary N) is 1. The van der Waals surface area contributed by atoms with Crippen molar-refractivity contribution in [3.63, 3.8) is 0 Å². The molecule has 1 rings (SSSR count). The minimum absolute atomic E-state index is 0.0178. The SMILES string of the molecule is CN(C)CCCNC(=O)CCN(c1ccc(F)cc1)S(C)(=O)=O. The Hall–Kier alpha value is -1.67. The zero-order valence-corrected chi connectivity index (χ0v) is 14.6. The second-order valence-corrected chi connectivity index (χ2v) is 7.48. The van der Waals surface area contributed by atoms with Crippen LogP contribution in [0, 0.1) is 5.82 Å². The van der Waals surface area contributed by atoms with Gasteiger partial charge in [-0.1, -0.05) is 0 Å². The summed E-state index contributed by atoms with van der Waals surface area (Å²) in [4.78, 5) is 13.8. The molecule has 8 heteroatoms. The number of benzene rings is 1. The van der Waals surface area contributed by atoms with E-state index in [1.165, 1.54) is 24.3 Å². The standard InChI is InChI=1S/C15H24FN3O3S/c1-18(2)11-4-10-17-15(20)9-12-19(23(3,21)22)14-7-5-13(16)6-8-14/h5-8H,4,9-12H2,1-3H3,(H,17,20). The second-order valence-electron chi connectivity index (χ2n) is 5.57. The topological polar surface area (TPSA) is 69.7 Å². The number of sulfonamides is 1. The molecule has 1 aromatic carbocycles. The predicted molar refractivity (Wildman–Crippen MR) is 89.4 cm³/mol. The number of rotatable bonds is 9. The van der Waals surface area contributed by atoms with E-state index in [1.807, 2.05) is 19.0 Å². The minimum Gasteiger partial charge on any atom is -0.356 e. The van der Waals surface area contributed by atoms with Crippen LogP contribution in [-0.2, 0) is 14.8 Å². The molecular formula is C15H24FN3O3S. The number of hydrogen-bond donors (Lipinski definition) is 1. The lowest BCUT2D eigenvalue weighted by Gasteiger charge is -2.22. The van der Waals surface area contributed by atoms with E-state index in [9.17, 15) is 17.6 Å². The van der Waals surface area contributed by atoms with Crippen LogP contribution < -0.4 is 9.62 Å². The number of carbonyl (C=O) groups excluding carboxylic acids is 1. The third-order valence-electron chi connectivity index (χ3n) is 3.16. The van der Waals surface area contributed by atoms with Gasteiger partial charge in [-0.25, -0.2) is 12.8 Å². The summed E-state index contributed by atoms with van der Waals surface area (Å²) in [6.45, 7) is 1.43. The van der Waals surface area contributed by atoms with Gasteiger partial charge in [-0.15, -0.1) is 0 Å². The normalized spacial score (nSPS) is 11.5. The molecule has 0 unspecified atom stereocenters. The first-order valence-corrected chi connectivity index (χ1v) is 9.19. The van der Waals surface area contributed by atoms with Crippen LogP contribution in [0.5, 0.6) is 0 Å². The Morgan fingerprint density at radius 1 is 1.17 bits per heavy atom. The van der Waals surface area contributed by atoms with E-state index in [2.05, 4.69) is 5.32 Å². The molecule has 0 fully saturated rings. The highest BCUT2D eigenvalue weighted by molar-refractivity contribution is 7.92. The van der Waals surface area contributed by atoms with Crippen molar-refractivity contribution < 1.29 is 17.6 Å². The summed E-state index contributed by atoms with van der Waals surface area (Å²) < 4.78 is 37.8. The highest BCUT2D eigenvalue weighted by Crippen LogP contribution is 2.18. The molecule has 0 aliphatic carbocycles. The summed E-state index contributed by atoms with van der Waals surface area (Å²) in [6.07, 6.45) is 1.93. The molecule has 0 atom stereocenters. The second kappa shape index (κ2) is 8.83. The molecule has 0 saturated heterocycles. The molecule has 0 aliphatic rings. The number of hydrogen-bond acceptors (Lipinski definition) is 4. The van der Waals surface area contributed by atoms with Crippen LogP contribution in [0.1, 0.15) is 12.8 Å². The van der Waals surface area contributed by atoms with E-state index in [-0.39, 0.29) is 18.9 Å². The molecule has 0 spiro atoms. The van der Waals surface area contributed by atoms with Gasteiger partial charge in [0.05, 0.1) is 11.9 Å².